The number of sulfonamides is 1. The summed E-state index contributed by atoms with van der Waals surface area (Å²) in [6.45, 7) is 1.34. The van der Waals surface area contributed by atoms with E-state index in [0.29, 0.717) is 25.9 Å². The number of nitrogens with zero attached hydrogens (tertiary/aromatic N) is 1. The molecule has 1 aromatic rings. The van der Waals surface area contributed by atoms with Gasteiger partial charge in [-0.25, -0.2) is 17.5 Å². The summed E-state index contributed by atoms with van der Waals surface area (Å²) in [6, 6.07) is 2.16. The predicted molar refractivity (Wildman–Crippen MR) is 69.3 cm³/mol. The number of nitro benzene ring substituents is 1. The van der Waals surface area contributed by atoms with Crippen LogP contribution < -0.4 is 10.0 Å². The van der Waals surface area contributed by atoms with E-state index >= 15 is 0 Å². The van der Waals surface area contributed by atoms with Crippen molar-refractivity contribution in [2.24, 2.45) is 0 Å². The fourth-order valence-corrected chi connectivity index (χ4v) is 3.44. The molecular weight excluding hydrogens is 289 g/mol. The Morgan fingerprint density at radius 2 is 2.00 bits per heavy atom. The molecule has 0 atom stereocenters. The summed E-state index contributed by atoms with van der Waals surface area (Å²) >= 11 is 0. The van der Waals surface area contributed by atoms with Gasteiger partial charge in [0.2, 0.25) is 10.0 Å². The fraction of sp³-hybridized carbons (Fsp3) is 0.455. The molecule has 1 saturated heterocycles. The lowest BCUT2D eigenvalue weighted by Gasteiger charge is -2.23. The summed E-state index contributed by atoms with van der Waals surface area (Å²) in [6.07, 6.45) is 1.19. The van der Waals surface area contributed by atoms with Crippen molar-refractivity contribution in [2.75, 3.05) is 13.1 Å². The Morgan fingerprint density at radius 1 is 1.35 bits per heavy atom. The van der Waals surface area contributed by atoms with Gasteiger partial charge in [0.15, 0.2) is 0 Å². The van der Waals surface area contributed by atoms with E-state index in [1.165, 1.54) is 0 Å². The molecule has 2 rings (SSSR count). The van der Waals surface area contributed by atoms with Crippen LogP contribution in [-0.2, 0) is 10.0 Å². The van der Waals surface area contributed by atoms with Crippen LogP contribution in [0.4, 0.5) is 10.1 Å². The van der Waals surface area contributed by atoms with Gasteiger partial charge in [0, 0.05) is 18.2 Å². The van der Waals surface area contributed by atoms with Crippen LogP contribution in [0.5, 0.6) is 0 Å². The molecule has 2 N–H and O–H groups in total. The number of halogens is 1. The molecular formula is C11H14FN3O4S. The number of nitrogens with one attached hydrogen (secondary N) is 2. The minimum absolute atomic E-state index is 0.292. The van der Waals surface area contributed by atoms with E-state index < -0.39 is 31.3 Å². The minimum Gasteiger partial charge on any atom is -0.317 e. The molecule has 0 bridgehead atoms. The minimum atomic E-state index is -4.10. The SMILES string of the molecule is O=[N+]([O-])c1ccc(F)c(S(=O)(=O)NC2CCNCC2)c1. The van der Waals surface area contributed by atoms with E-state index in [4.69, 9.17) is 0 Å². The Hall–Kier alpha value is -1.58. The van der Waals surface area contributed by atoms with E-state index in [1.807, 2.05) is 0 Å². The number of piperidine rings is 1. The van der Waals surface area contributed by atoms with Gasteiger partial charge >= 0.3 is 0 Å². The monoisotopic (exact) mass is 303 g/mol. The van der Waals surface area contributed by atoms with Gasteiger partial charge < -0.3 is 5.32 Å². The second kappa shape index (κ2) is 5.81. The maximum atomic E-state index is 13.6. The third-order valence-corrected chi connectivity index (χ3v) is 4.61. The summed E-state index contributed by atoms with van der Waals surface area (Å²) in [5.41, 5.74) is -0.461. The average molecular weight is 303 g/mol. The molecule has 1 aliphatic heterocycles. The summed E-state index contributed by atoms with van der Waals surface area (Å²) in [5, 5.41) is 13.7. The Labute approximate surface area is 115 Å². The van der Waals surface area contributed by atoms with Crippen molar-refractivity contribution in [3.8, 4) is 0 Å². The van der Waals surface area contributed by atoms with Crippen LogP contribution in [0, 0.1) is 15.9 Å². The summed E-state index contributed by atoms with van der Waals surface area (Å²) in [5.74, 6) is -1.00. The zero-order valence-electron chi connectivity index (χ0n) is 10.5. The molecule has 0 radical (unpaired) electrons. The Balaban J connectivity index is 2.28. The third kappa shape index (κ3) is 3.30. The number of nitro groups is 1. The first kappa shape index (κ1) is 14.8. The van der Waals surface area contributed by atoms with Gasteiger partial charge in [-0.2, -0.15) is 0 Å². The van der Waals surface area contributed by atoms with Gasteiger partial charge in [-0.05, 0) is 32.0 Å². The highest BCUT2D eigenvalue weighted by atomic mass is 32.2. The van der Waals surface area contributed by atoms with Gasteiger partial charge in [-0.3, -0.25) is 10.1 Å². The molecule has 1 aromatic carbocycles. The van der Waals surface area contributed by atoms with Crippen LogP contribution in [0.15, 0.2) is 23.1 Å². The fourth-order valence-electron chi connectivity index (χ4n) is 2.03. The molecule has 0 aliphatic carbocycles. The lowest BCUT2D eigenvalue weighted by Crippen LogP contribution is -2.42. The first-order chi connectivity index (χ1) is 9.40. The van der Waals surface area contributed by atoms with Gasteiger partial charge in [0.05, 0.1) is 4.92 Å². The van der Waals surface area contributed by atoms with Crippen molar-refractivity contribution in [3.05, 3.63) is 34.1 Å². The number of hydrogen-bond donors (Lipinski definition) is 2. The number of non-ortho nitro benzene ring substituents is 1. The van der Waals surface area contributed by atoms with Crippen molar-refractivity contribution in [1.29, 1.82) is 0 Å². The quantitative estimate of drug-likeness (QED) is 0.632. The van der Waals surface area contributed by atoms with E-state index in [2.05, 4.69) is 10.0 Å². The Bertz CT molecular complexity index is 614. The van der Waals surface area contributed by atoms with E-state index in [-0.39, 0.29) is 6.04 Å². The molecule has 0 spiro atoms. The summed E-state index contributed by atoms with van der Waals surface area (Å²) in [7, 11) is -4.10. The van der Waals surface area contributed by atoms with Crippen LogP contribution >= 0.6 is 0 Å². The van der Waals surface area contributed by atoms with Crippen LogP contribution in [0.25, 0.3) is 0 Å². The lowest BCUT2D eigenvalue weighted by molar-refractivity contribution is -0.385. The van der Waals surface area contributed by atoms with Crippen LogP contribution in [0.1, 0.15) is 12.8 Å². The van der Waals surface area contributed by atoms with Crippen LogP contribution in [0.2, 0.25) is 0 Å². The van der Waals surface area contributed by atoms with Crippen molar-refractivity contribution < 1.29 is 17.7 Å². The Morgan fingerprint density at radius 3 is 2.60 bits per heavy atom. The van der Waals surface area contributed by atoms with Gasteiger partial charge in [-0.15, -0.1) is 0 Å². The number of rotatable bonds is 4. The second-order valence-electron chi connectivity index (χ2n) is 4.52. The normalized spacial score (nSPS) is 17.1. The molecule has 1 fully saturated rings. The summed E-state index contributed by atoms with van der Waals surface area (Å²) in [4.78, 5) is 9.19. The topological polar surface area (TPSA) is 101 Å². The van der Waals surface area contributed by atoms with Crippen LogP contribution in [-0.4, -0.2) is 32.5 Å². The second-order valence-corrected chi connectivity index (χ2v) is 6.20. The van der Waals surface area contributed by atoms with E-state index in [1.54, 1.807) is 0 Å². The highest BCUT2D eigenvalue weighted by Gasteiger charge is 2.26. The molecule has 110 valence electrons. The number of benzene rings is 1. The van der Waals surface area contributed by atoms with Gasteiger partial charge in [0.25, 0.3) is 5.69 Å². The maximum absolute atomic E-state index is 13.6. The third-order valence-electron chi connectivity index (χ3n) is 3.08. The zero-order chi connectivity index (χ0) is 14.8. The largest absolute Gasteiger partial charge is 0.317 e. The van der Waals surface area contributed by atoms with E-state index in [0.717, 1.165) is 18.2 Å². The first-order valence-electron chi connectivity index (χ1n) is 6.07. The zero-order valence-corrected chi connectivity index (χ0v) is 11.3. The predicted octanol–water partition coefficient (Wildman–Crippen LogP) is 0.764. The molecule has 20 heavy (non-hydrogen) atoms. The molecule has 7 nitrogen and oxygen atoms in total. The summed E-state index contributed by atoms with van der Waals surface area (Å²) < 4.78 is 40.2. The van der Waals surface area contributed by atoms with Crippen molar-refractivity contribution in [3.63, 3.8) is 0 Å². The number of hydrogen-bond acceptors (Lipinski definition) is 5. The molecule has 0 unspecified atom stereocenters. The molecule has 0 amide bonds. The van der Waals surface area contributed by atoms with Crippen molar-refractivity contribution in [2.45, 2.75) is 23.8 Å². The first-order valence-corrected chi connectivity index (χ1v) is 7.55. The molecule has 0 saturated carbocycles. The lowest BCUT2D eigenvalue weighted by atomic mass is 10.1. The van der Waals surface area contributed by atoms with Gasteiger partial charge in [-0.1, -0.05) is 0 Å². The molecule has 9 heteroatoms. The molecule has 1 heterocycles. The Kier molecular flexibility index (Phi) is 4.31. The van der Waals surface area contributed by atoms with E-state index in [9.17, 15) is 22.9 Å². The standard InChI is InChI=1S/C11H14FN3O4S/c12-10-2-1-9(15(16)17)7-11(10)20(18,19)14-8-3-5-13-6-4-8/h1-2,7-8,13-14H,3-6H2. The highest BCUT2D eigenvalue weighted by molar-refractivity contribution is 7.89. The van der Waals surface area contributed by atoms with Crippen LogP contribution in [0.3, 0.4) is 0 Å². The smallest absolute Gasteiger partial charge is 0.270 e. The molecule has 1 aliphatic rings. The van der Waals surface area contributed by atoms with Gasteiger partial charge in [0.1, 0.15) is 10.7 Å². The average Bonchev–Trinajstić information content (AvgIpc) is 2.39. The van der Waals surface area contributed by atoms with Crippen molar-refractivity contribution in [1.82, 2.24) is 10.0 Å². The van der Waals surface area contributed by atoms with Crippen molar-refractivity contribution >= 4 is 15.7 Å². The maximum Gasteiger partial charge on any atom is 0.270 e. The molecule has 0 aromatic heterocycles. The highest BCUT2D eigenvalue weighted by Crippen LogP contribution is 2.21.